The number of amides is 1. The third-order valence-corrected chi connectivity index (χ3v) is 7.98. The first kappa shape index (κ1) is 20.8. The Morgan fingerprint density at radius 1 is 1.07 bits per heavy atom. The fourth-order valence-corrected chi connectivity index (χ4v) is 5.75. The highest BCUT2D eigenvalue weighted by Gasteiger charge is 2.47. The molecule has 2 aromatic carbocycles. The highest BCUT2D eigenvalue weighted by Crippen LogP contribution is 2.33. The zero-order valence-electron chi connectivity index (χ0n) is 17.2. The average molecular weight is 426 g/mol. The predicted molar refractivity (Wildman–Crippen MR) is 117 cm³/mol. The number of carbonyl (C=O) groups excluding carboxylic acids is 1. The quantitative estimate of drug-likeness (QED) is 0.800. The first-order valence-corrected chi connectivity index (χ1v) is 11.6. The molecule has 0 aliphatic carbocycles. The molecule has 0 unspecified atom stereocenters. The molecular weight excluding hydrogens is 398 g/mol. The lowest BCUT2D eigenvalue weighted by molar-refractivity contribution is -0.119. The van der Waals surface area contributed by atoms with Crippen LogP contribution in [0.5, 0.6) is 0 Å². The number of carbonyl (C=O) groups is 1. The molecule has 2 aliphatic heterocycles. The maximum Gasteiger partial charge on any atom is 0.243 e. The van der Waals surface area contributed by atoms with Gasteiger partial charge in [0.05, 0.1) is 17.1 Å². The number of allylic oxidation sites excluding steroid dienone is 1. The van der Waals surface area contributed by atoms with Crippen LogP contribution in [0.3, 0.4) is 0 Å². The molecular formula is C23H27N3O3S. The van der Waals surface area contributed by atoms with Gasteiger partial charge in [0.25, 0.3) is 0 Å². The van der Waals surface area contributed by atoms with Crippen LogP contribution in [-0.2, 0) is 21.4 Å². The Bertz CT molecular complexity index is 1040. The molecule has 7 heteroatoms. The van der Waals surface area contributed by atoms with Gasteiger partial charge in [0, 0.05) is 19.6 Å². The van der Waals surface area contributed by atoms with E-state index in [1.807, 2.05) is 37.3 Å². The van der Waals surface area contributed by atoms with E-state index >= 15 is 0 Å². The lowest BCUT2D eigenvalue weighted by Crippen LogP contribution is -2.58. The van der Waals surface area contributed by atoms with Gasteiger partial charge in [-0.3, -0.25) is 9.69 Å². The summed E-state index contributed by atoms with van der Waals surface area (Å²) in [5.41, 5.74) is 2.48. The molecule has 1 spiro atoms. The van der Waals surface area contributed by atoms with E-state index in [2.05, 4.69) is 16.8 Å². The molecule has 0 aromatic heterocycles. The van der Waals surface area contributed by atoms with Crippen molar-refractivity contribution < 1.29 is 13.2 Å². The van der Waals surface area contributed by atoms with Crippen LogP contribution in [0, 0.1) is 0 Å². The zero-order chi connectivity index (χ0) is 21.4. The van der Waals surface area contributed by atoms with Gasteiger partial charge in [-0.15, -0.1) is 0 Å². The number of rotatable bonds is 5. The number of piperidine rings is 1. The monoisotopic (exact) mass is 425 g/mol. The minimum Gasteiger partial charge on any atom is -0.337 e. The summed E-state index contributed by atoms with van der Waals surface area (Å²) in [4.78, 5) is 14.7. The average Bonchev–Trinajstić information content (AvgIpc) is 3.03. The maximum atomic E-state index is 13.1. The van der Waals surface area contributed by atoms with E-state index in [9.17, 15) is 13.2 Å². The summed E-state index contributed by atoms with van der Waals surface area (Å²) < 4.78 is 27.7. The lowest BCUT2D eigenvalue weighted by atomic mass is 9.97. The summed E-state index contributed by atoms with van der Waals surface area (Å²) in [5.74, 6) is -0.00220. The molecule has 2 aromatic rings. The Labute approximate surface area is 178 Å². The van der Waals surface area contributed by atoms with Crippen molar-refractivity contribution >= 4 is 21.5 Å². The molecule has 0 bridgehead atoms. The van der Waals surface area contributed by atoms with Crippen molar-refractivity contribution in [2.24, 2.45) is 0 Å². The van der Waals surface area contributed by atoms with Gasteiger partial charge in [0.2, 0.25) is 15.9 Å². The smallest absolute Gasteiger partial charge is 0.243 e. The van der Waals surface area contributed by atoms with Gasteiger partial charge < -0.3 is 5.32 Å². The van der Waals surface area contributed by atoms with Gasteiger partial charge >= 0.3 is 0 Å². The number of sulfonamides is 1. The topological polar surface area (TPSA) is 69.7 Å². The molecule has 158 valence electrons. The molecule has 0 atom stereocenters. The first-order chi connectivity index (χ1) is 14.3. The third-order valence-electron chi connectivity index (χ3n) is 6.06. The molecule has 0 radical (unpaired) electrons. The van der Waals surface area contributed by atoms with Gasteiger partial charge in [-0.05, 0) is 43.0 Å². The molecule has 0 saturated carbocycles. The van der Waals surface area contributed by atoms with Crippen molar-refractivity contribution in [3.05, 3.63) is 72.3 Å². The number of hydrogen-bond acceptors (Lipinski definition) is 4. The van der Waals surface area contributed by atoms with Crippen LogP contribution in [0.2, 0.25) is 0 Å². The Morgan fingerprint density at radius 3 is 2.30 bits per heavy atom. The maximum absolute atomic E-state index is 13.1. The minimum atomic E-state index is -3.57. The second kappa shape index (κ2) is 7.98. The van der Waals surface area contributed by atoms with Gasteiger partial charge in [-0.2, -0.15) is 4.31 Å². The molecule has 2 aliphatic rings. The largest absolute Gasteiger partial charge is 0.337 e. The Kier molecular flexibility index (Phi) is 5.53. The standard InChI is InChI=1S/C23H27N3O3S/c1-18(2)20-8-10-21(11-9-20)30(28,29)26-14-12-23(13-15-26)24-22(27)17-25(23)16-19-6-4-3-5-7-19/h3-11H,1,12-17H2,2H3,(H,24,27). The summed E-state index contributed by atoms with van der Waals surface area (Å²) in [6.45, 7) is 7.53. The van der Waals surface area contributed by atoms with Crippen LogP contribution < -0.4 is 5.32 Å². The fraction of sp³-hybridized carbons (Fsp3) is 0.348. The van der Waals surface area contributed by atoms with Crippen molar-refractivity contribution in [1.82, 2.24) is 14.5 Å². The predicted octanol–water partition coefficient (Wildman–Crippen LogP) is 2.83. The van der Waals surface area contributed by atoms with Crippen molar-refractivity contribution in [1.29, 1.82) is 0 Å². The second-order valence-corrected chi connectivity index (χ2v) is 10.1. The van der Waals surface area contributed by atoms with E-state index in [1.165, 1.54) is 4.31 Å². The molecule has 2 heterocycles. The molecule has 1 N–H and O–H groups in total. The SMILES string of the molecule is C=C(C)c1ccc(S(=O)(=O)N2CCC3(CC2)NC(=O)CN3Cc2ccccc2)cc1. The minimum absolute atomic E-state index is 0.00220. The summed E-state index contributed by atoms with van der Waals surface area (Å²) in [6, 6.07) is 16.9. The van der Waals surface area contributed by atoms with Gasteiger partial charge in [0.1, 0.15) is 0 Å². The van der Waals surface area contributed by atoms with Gasteiger partial charge in [0.15, 0.2) is 0 Å². The summed E-state index contributed by atoms with van der Waals surface area (Å²) in [7, 11) is -3.57. The van der Waals surface area contributed by atoms with Crippen molar-refractivity contribution in [3.8, 4) is 0 Å². The summed E-state index contributed by atoms with van der Waals surface area (Å²) >= 11 is 0. The van der Waals surface area contributed by atoms with Crippen molar-refractivity contribution in [3.63, 3.8) is 0 Å². The van der Waals surface area contributed by atoms with Crippen LogP contribution in [0.15, 0.2) is 66.1 Å². The van der Waals surface area contributed by atoms with Crippen LogP contribution >= 0.6 is 0 Å². The van der Waals surface area contributed by atoms with E-state index in [0.29, 0.717) is 43.9 Å². The van der Waals surface area contributed by atoms with Crippen LogP contribution in [0.4, 0.5) is 0 Å². The Hall–Kier alpha value is -2.48. The molecule has 2 saturated heterocycles. The van der Waals surface area contributed by atoms with Crippen molar-refractivity contribution in [2.75, 3.05) is 19.6 Å². The molecule has 4 rings (SSSR count). The van der Waals surface area contributed by atoms with E-state index < -0.39 is 15.7 Å². The van der Waals surface area contributed by atoms with E-state index in [0.717, 1.165) is 16.7 Å². The Morgan fingerprint density at radius 2 is 1.70 bits per heavy atom. The fourth-order valence-electron chi connectivity index (χ4n) is 4.31. The normalized spacial score (nSPS) is 19.7. The number of hydrogen-bond donors (Lipinski definition) is 1. The highest BCUT2D eigenvalue weighted by molar-refractivity contribution is 7.89. The number of nitrogens with one attached hydrogen (secondary N) is 1. The van der Waals surface area contributed by atoms with Gasteiger partial charge in [-0.25, -0.2) is 8.42 Å². The molecule has 30 heavy (non-hydrogen) atoms. The summed E-state index contributed by atoms with van der Waals surface area (Å²) in [5, 5.41) is 3.13. The van der Waals surface area contributed by atoms with Crippen LogP contribution in [0.25, 0.3) is 5.57 Å². The Balaban J connectivity index is 1.49. The lowest BCUT2D eigenvalue weighted by Gasteiger charge is -2.43. The van der Waals surface area contributed by atoms with Gasteiger partial charge in [-0.1, -0.05) is 54.6 Å². The first-order valence-electron chi connectivity index (χ1n) is 10.2. The van der Waals surface area contributed by atoms with Crippen LogP contribution in [-0.4, -0.2) is 48.8 Å². The molecule has 1 amide bonds. The third kappa shape index (κ3) is 3.93. The molecule has 6 nitrogen and oxygen atoms in total. The molecule has 2 fully saturated rings. The van der Waals surface area contributed by atoms with E-state index in [-0.39, 0.29) is 5.91 Å². The van der Waals surface area contributed by atoms with Crippen LogP contribution in [0.1, 0.15) is 30.9 Å². The van der Waals surface area contributed by atoms with Crippen molar-refractivity contribution in [2.45, 2.75) is 36.9 Å². The zero-order valence-corrected chi connectivity index (χ0v) is 18.0. The second-order valence-electron chi connectivity index (χ2n) is 8.13. The summed E-state index contributed by atoms with van der Waals surface area (Å²) in [6.07, 6.45) is 1.13. The van der Waals surface area contributed by atoms with E-state index in [1.54, 1.807) is 24.3 Å². The number of nitrogens with zero attached hydrogens (tertiary/aromatic N) is 2. The van der Waals surface area contributed by atoms with E-state index in [4.69, 9.17) is 0 Å². The number of benzene rings is 2. The highest BCUT2D eigenvalue weighted by atomic mass is 32.2.